The molecule has 1 rings (SSSR count). The first-order valence-electron chi connectivity index (χ1n) is 6.44. The minimum absolute atomic E-state index is 0.223. The maximum atomic E-state index is 12.2. The second-order valence-corrected chi connectivity index (χ2v) is 5.79. The molecule has 1 aliphatic heterocycles. The van der Waals surface area contributed by atoms with Crippen LogP contribution in [0.2, 0.25) is 0 Å². The second-order valence-electron chi connectivity index (χ2n) is 5.79. The molecule has 0 aromatic heterocycles. The standard InChI is InChI=1S/C13H21NO7/c1-12(2,3)21-11(18)14-7-8(15)6-13(14,9(16)19-4)10(17)20-5/h8,15H,6-7H2,1-5H3/t8-/m1/s1. The third kappa shape index (κ3) is 3.26. The third-order valence-electron chi connectivity index (χ3n) is 3.05. The monoisotopic (exact) mass is 303 g/mol. The zero-order valence-electron chi connectivity index (χ0n) is 12.8. The summed E-state index contributed by atoms with van der Waals surface area (Å²) in [5, 5.41) is 9.81. The SMILES string of the molecule is COC(=O)C1(C(=O)OC)C[C@@H](O)CN1C(=O)OC(C)(C)C. The molecule has 1 saturated heterocycles. The van der Waals surface area contributed by atoms with Crippen molar-refractivity contribution in [3.63, 3.8) is 0 Å². The van der Waals surface area contributed by atoms with Crippen LogP contribution in [0.3, 0.4) is 0 Å². The molecular formula is C13H21NO7. The van der Waals surface area contributed by atoms with Crippen molar-refractivity contribution in [2.24, 2.45) is 0 Å². The molecule has 8 nitrogen and oxygen atoms in total. The van der Waals surface area contributed by atoms with E-state index >= 15 is 0 Å². The average Bonchev–Trinajstić information content (AvgIpc) is 2.73. The van der Waals surface area contributed by atoms with Gasteiger partial charge in [-0.05, 0) is 20.8 Å². The number of β-amino-alcohol motifs (C(OH)–C–C–N with tert-alkyl or cyclic N) is 1. The Balaban J connectivity index is 3.22. The molecule has 21 heavy (non-hydrogen) atoms. The van der Waals surface area contributed by atoms with Crippen molar-refractivity contribution < 1.29 is 33.7 Å². The van der Waals surface area contributed by atoms with Crippen LogP contribution >= 0.6 is 0 Å². The summed E-state index contributed by atoms with van der Waals surface area (Å²) in [7, 11) is 2.18. The van der Waals surface area contributed by atoms with E-state index in [0.29, 0.717) is 0 Å². The fourth-order valence-corrected chi connectivity index (χ4v) is 2.24. The van der Waals surface area contributed by atoms with Crippen LogP contribution in [0.25, 0.3) is 0 Å². The zero-order chi connectivity index (χ0) is 16.4. The van der Waals surface area contributed by atoms with Crippen molar-refractivity contribution in [3.8, 4) is 0 Å². The Bertz CT molecular complexity index is 424. The normalized spacial score (nSPS) is 20.9. The topological polar surface area (TPSA) is 102 Å². The number of hydrogen-bond acceptors (Lipinski definition) is 7. The molecule has 0 aromatic carbocycles. The predicted octanol–water partition coefficient (Wildman–Crippen LogP) is 0.0729. The van der Waals surface area contributed by atoms with Gasteiger partial charge in [-0.15, -0.1) is 0 Å². The highest BCUT2D eigenvalue weighted by Crippen LogP contribution is 2.33. The Labute approximate surface area is 122 Å². The number of ether oxygens (including phenoxy) is 3. The zero-order valence-corrected chi connectivity index (χ0v) is 12.8. The van der Waals surface area contributed by atoms with Crippen molar-refractivity contribution in [2.45, 2.75) is 44.4 Å². The van der Waals surface area contributed by atoms with E-state index in [1.807, 2.05) is 0 Å². The molecule has 0 aromatic rings. The molecule has 1 atom stereocenters. The Morgan fingerprint density at radius 3 is 2.00 bits per heavy atom. The second kappa shape index (κ2) is 5.88. The fourth-order valence-electron chi connectivity index (χ4n) is 2.24. The molecule has 8 heteroatoms. The number of aliphatic hydroxyl groups excluding tert-OH is 1. The number of likely N-dealkylation sites (tertiary alicyclic amines) is 1. The van der Waals surface area contributed by atoms with Gasteiger partial charge in [-0.2, -0.15) is 0 Å². The van der Waals surface area contributed by atoms with Gasteiger partial charge >= 0.3 is 18.0 Å². The number of hydrogen-bond donors (Lipinski definition) is 1. The Hall–Kier alpha value is -1.83. The van der Waals surface area contributed by atoms with E-state index in [1.165, 1.54) is 0 Å². The minimum Gasteiger partial charge on any atom is -0.467 e. The molecule has 1 amide bonds. The van der Waals surface area contributed by atoms with Gasteiger partial charge < -0.3 is 19.3 Å². The van der Waals surface area contributed by atoms with Gasteiger partial charge in [0.1, 0.15) is 5.60 Å². The van der Waals surface area contributed by atoms with E-state index in [-0.39, 0.29) is 13.0 Å². The van der Waals surface area contributed by atoms with E-state index in [1.54, 1.807) is 20.8 Å². The molecule has 120 valence electrons. The molecule has 0 unspecified atom stereocenters. The number of carbonyl (C=O) groups is 3. The molecule has 1 fully saturated rings. The van der Waals surface area contributed by atoms with Gasteiger partial charge in [-0.1, -0.05) is 0 Å². The molecule has 0 saturated carbocycles. The van der Waals surface area contributed by atoms with Gasteiger partial charge in [0, 0.05) is 6.42 Å². The maximum absolute atomic E-state index is 12.2. The maximum Gasteiger partial charge on any atom is 0.411 e. The number of aliphatic hydroxyl groups is 1. The highest BCUT2D eigenvalue weighted by Gasteiger charge is 2.61. The number of nitrogens with zero attached hydrogens (tertiary/aromatic N) is 1. The summed E-state index contributed by atoms with van der Waals surface area (Å²) in [6.45, 7) is 4.72. The molecule has 0 radical (unpaired) electrons. The van der Waals surface area contributed by atoms with Crippen LogP contribution in [0.15, 0.2) is 0 Å². The van der Waals surface area contributed by atoms with Crippen LogP contribution in [-0.2, 0) is 23.8 Å². The van der Waals surface area contributed by atoms with Gasteiger partial charge in [0.05, 0.1) is 26.9 Å². The van der Waals surface area contributed by atoms with Gasteiger partial charge in [-0.25, -0.2) is 14.4 Å². The number of methoxy groups -OCH3 is 2. The summed E-state index contributed by atoms with van der Waals surface area (Å²) in [4.78, 5) is 37.3. The first-order valence-corrected chi connectivity index (χ1v) is 6.44. The van der Waals surface area contributed by atoms with Crippen molar-refractivity contribution in [1.29, 1.82) is 0 Å². The van der Waals surface area contributed by atoms with Gasteiger partial charge in [0.15, 0.2) is 0 Å². The summed E-state index contributed by atoms with van der Waals surface area (Å²) >= 11 is 0. The molecule has 0 spiro atoms. The highest BCUT2D eigenvalue weighted by molar-refractivity contribution is 6.07. The van der Waals surface area contributed by atoms with Crippen LogP contribution in [0.5, 0.6) is 0 Å². The quantitative estimate of drug-likeness (QED) is 0.437. The summed E-state index contributed by atoms with van der Waals surface area (Å²) in [5.41, 5.74) is -2.84. The molecule has 1 aliphatic rings. The van der Waals surface area contributed by atoms with Crippen LogP contribution < -0.4 is 0 Å². The van der Waals surface area contributed by atoms with E-state index in [0.717, 1.165) is 19.1 Å². The van der Waals surface area contributed by atoms with Crippen molar-refractivity contribution in [3.05, 3.63) is 0 Å². The first-order chi connectivity index (χ1) is 9.58. The van der Waals surface area contributed by atoms with Gasteiger partial charge in [-0.3, -0.25) is 4.90 Å². The molecular weight excluding hydrogens is 282 g/mol. The van der Waals surface area contributed by atoms with E-state index in [4.69, 9.17) is 4.74 Å². The largest absolute Gasteiger partial charge is 0.467 e. The van der Waals surface area contributed by atoms with Crippen molar-refractivity contribution in [1.82, 2.24) is 4.90 Å². The molecule has 1 heterocycles. The Kier molecular flexibility index (Phi) is 4.83. The smallest absolute Gasteiger partial charge is 0.411 e. The first kappa shape index (κ1) is 17.2. The van der Waals surface area contributed by atoms with Crippen molar-refractivity contribution in [2.75, 3.05) is 20.8 Å². The molecule has 0 bridgehead atoms. The minimum atomic E-state index is -2.02. The van der Waals surface area contributed by atoms with Crippen LogP contribution in [0.1, 0.15) is 27.2 Å². The number of rotatable bonds is 2. The lowest BCUT2D eigenvalue weighted by Gasteiger charge is -2.34. The predicted molar refractivity (Wildman–Crippen MR) is 70.3 cm³/mol. The lowest BCUT2D eigenvalue weighted by Crippen LogP contribution is -2.60. The van der Waals surface area contributed by atoms with E-state index < -0.39 is 35.3 Å². The third-order valence-corrected chi connectivity index (χ3v) is 3.05. The van der Waals surface area contributed by atoms with Gasteiger partial charge in [0.25, 0.3) is 0 Å². The Morgan fingerprint density at radius 2 is 1.62 bits per heavy atom. The Morgan fingerprint density at radius 1 is 1.14 bits per heavy atom. The van der Waals surface area contributed by atoms with Gasteiger partial charge in [0.2, 0.25) is 5.54 Å². The number of amides is 1. The lowest BCUT2D eigenvalue weighted by atomic mass is 9.95. The highest BCUT2D eigenvalue weighted by atomic mass is 16.6. The van der Waals surface area contributed by atoms with E-state index in [9.17, 15) is 19.5 Å². The number of carbonyl (C=O) groups excluding carboxylic acids is 3. The molecule has 1 N–H and O–H groups in total. The summed E-state index contributed by atoms with van der Waals surface area (Å²) in [5.74, 6) is -1.95. The average molecular weight is 303 g/mol. The summed E-state index contributed by atoms with van der Waals surface area (Å²) in [6, 6.07) is 0. The fraction of sp³-hybridized carbons (Fsp3) is 0.769. The number of esters is 2. The summed E-state index contributed by atoms with van der Waals surface area (Å²) < 4.78 is 14.4. The van der Waals surface area contributed by atoms with Crippen molar-refractivity contribution >= 4 is 18.0 Å². The summed E-state index contributed by atoms with van der Waals surface area (Å²) in [6.07, 6.45) is -2.25. The lowest BCUT2D eigenvalue weighted by molar-refractivity contribution is -0.169. The van der Waals surface area contributed by atoms with E-state index in [2.05, 4.69) is 9.47 Å². The molecule has 0 aliphatic carbocycles. The van der Waals surface area contributed by atoms with Crippen LogP contribution in [-0.4, -0.2) is 66.0 Å². The van der Waals surface area contributed by atoms with Crippen LogP contribution in [0, 0.1) is 0 Å². The van der Waals surface area contributed by atoms with Crippen LogP contribution in [0.4, 0.5) is 4.79 Å².